The zero-order valence-corrected chi connectivity index (χ0v) is 20.4. The van der Waals surface area contributed by atoms with Crippen LogP contribution in [0.1, 0.15) is 29.2 Å². The molecule has 5 aromatic rings. The standard InChI is InChI=1S/C27H25N9O2/c28-24-22-23(17-8-10-21(11-9-17)38-20-6-2-1-3-7-20)34-36(25(22)33-16-32-24)19-5-4-12-35(15-19)26(37)18-13-30-27(29)31-14-18/h1-3,6-11,13-14,16,19H,4-5,12,15H2,(H2,28,32,33)(H2,29,30,31)/t19-/m1/s1. The lowest BCUT2D eigenvalue weighted by atomic mass is 10.0. The van der Waals surface area contributed by atoms with E-state index in [0.29, 0.717) is 46.9 Å². The van der Waals surface area contributed by atoms with Crippen molar-refractivity contribution in [2.75, 3.05) is 24.6 Å². The van der Waals surface area contributed by atoms with Gasteiger partial charge in [0, 0.05) is 31.0 Å². The van der Waals surface area contributed by atoms with Gasteiger partial charge >= 0.3 is 0 Å². The molecule has 6 rings (SSSR count). The number of aromatic nitrogens is 6. The number of hydrogen-bond donors (Lipinski definition) is 2. The van der Waals surface area contributed by atoms with Crippen LogP contribution >= 0.6 is 0 Å². The van der Waals surface area contributed by atoms with Gasteiger partial charge < -0.3 is 21.1 Å². The molecule has 2 aromatic carbocycles. The maximum atomic E-state index is 13.1. The van der Waals surface area contributed by atoms with Crippen molar-refractivity contribution in [2.45, 2.75) is 18.9 Å². The number of para-hydroxylation sites is 1. The van der Waals surface area contributed by atoms with E-state index in [1.807, 2.05) is 59.3 Å². The van der Waals surface area contributed by atoms with Crippen molar-refractivity contribution in [3.05, 3.63) is 78.9 Å². The van der Waals surface area contributed by atoms with Gasteiger partial charge in [-0.25, -0.2) is 24.6 Å². The first-order valence-electron chi connectivity index (χ1n) is 12.3. The van der Waals surface area contributed by atoms with E-state index in [1.165, 1.54) is 18.7 Å². The third kappa shape index (κ3) is 4.45. The molecule has 4 heterocycles. The van der Waals surface area contributed by atoms with Gasteiger partial charge in [0.1, 0.15) is 29.3 Å². The molecule has 0 aliphatic carbocycles. The molecule has 1 amide bonds. The number of likely N-dealkylation sites (tertiary alicyclic amines) is 1. The van der Waals surface area contributed by atoms with Gasteiger partial charge in [-0.05, 0) is 49.2 Å². The first-order chi connectivity index (χ1) is 18.6. The SMILES string of the molecule is Nc1ncc(C(=O)N2CCC[C@@H](n3nc(-c4ccc(Oc5ccccc5)cc4)c4c(N)ncnc43)C2)cn1. The van der Waals surface area contributed by atoms with Crippen LogP contribution < -0.4 is 16.2 Å². The number of fused-ring (bicyclic) bond motifs is 1. The van der Waals surface area contributed by atoms with Crippen LogP contribution in [0.5, 0.6) is 11.5 Å². The van der Waals surface area contributed by atoms with E-state index in [2.05, 4.69) is 19.9 Å². The van der Waals surface area contributed by atoms with E-state index < -0.39 is 0 Å². The summed E-state index contributed by atoms with van der Waals surface area (Å²) in [7, 11) is 0. The molecule has 0 unspecified atom stereocenters. The number of carbonyl (C=O) groups is 1. The Morgan fingerprint density at radius 3 is 2.42 bits per heavy atom. The highest BCUT2D eigenvalue weighted by atomic mass is 16.5. The predicted octanol–water partition coefficient (Wildman–Crippen LogP) is 3.72. The summed E-state index contributed by atoms with van der Waals surface area (Å²) >= 11 is 0. The highest BCUT2D eigenvalue weighted by Crippen LogP contribution is 2.35. The van der Waals surface area contributed by atoms with E-state index in [9.17, 15) is 4.79 Å². The summed E-state index contributed by atoms with van der Waals surface area (Å²) in [4.78, 5) is 31.5. The molecule has 190 valence electrons. The average molecular weight is 508 g/mol. The molecule has 0 saturated carbocycles. The minimum absolute atomic E-state index is 0.0892. The summed E-state index contributed by atoms with van der Waals surface area (Å²) in [5.74, 6) is 1.80. The van der Waals surface area contributed by atoms with E-state index in [1.54, 1.807) is 4.90 Å². The number of ether oxygens (including phenoxy) is 1. The fraction of sp³-hybridized carbons (Fsp3) is 0.185. The van der Waals surface area contributed by atoms with Gasteiger partial charge in [0.2, 0.25) is 5.95 Å². The molecule has 38 heavy (non-hydrogen) atoms. The van der Waals surface area contributed by atoms with Crippen LogP contribution in [0.4, 0.5) is 11.8 Å². The zero-order chi connectivity index (χ0) is 26.1. The molecule has 1 aliphatic heterocycles. The molecule has 3 aromatic heterocycles. The lowest BCUT2D eigenvalue weighted by molar-refractivity contribution is 0.0674. The predicted molar refractivity (Wildman–Crippen MR) is 142 cm³/mol. The Bertz CT molecular complexity index is 1590. The normalized spacial score (nSPS) is 15.5. The monoisotopic (exact) mass is 507 g/mol. The third-order valence-corrected chi connectivity index (χ3v) is 6.57. The summed E-state index contributed by atoms with van der Waals surface area (Å²) in [6, 6.07) is 17.2. The molecule has 11 heteroatoms. The average Bonchev–Trinajstić information content (AvgIpc) is 3.35. The molecular formula is C27H25N9O2. The Labute approximate surface area is 218 Å². The van der Waals surface area contributed by atoms with Crippen LogP contribution in [0.15, 0.2) is 73.3 Å². The van der Waals surface area contributed by atoms with Crippen LogP contribution in [0.3, 0.4) is 0 Å². The molecule has 0 bridgehead atoms. The number of benzene rings is 2. The summed E-state index contributed by atoms with van der Waals surface area (Å²) < 4.78 is 7.80. The Balaban J connectivity index is 1.31. The van der Waals surface area contributed by atoms with E-state index in [-0.39, 0.29) is 17.9 Å². The second kappa shape index (κ2) is 9.77. The largest absolute Gasteiger partial charge is 0.457 e. The molecular weight excluding hydrogens is 482 g/mol. The minimum atomic E-state index is -0.144. The van der Waals surface area contributed by atoms with E-state index in [4.69, 9.17) is 21.3 Å². The smallest absolute Gasteiger partial charge is 0.257 e. The molecule has 1 aliphatic rings. The molecule has 11 nitrogen and oxygen atoms in total. The Hall–Kier alpha value is -5.06. The number of nitrogens with two attached hydrogens (primary N) is 2. The fourth-order valence-electron chi connectivity index (χ4n) is 4.73. The van der Waals surface area contributed by atoms with Gasteiger partial charge in [-0.2, -0.15) is 5.10 Å². The van der Waals surface area contributed by atoms with Crippen LogP contribution in [-0.2, 0) is 0 Å². The number of carbonyl (C=O) groups excluding carboxylic acids is 1. The number of anilines is 2. The number of nitrogen functional groups attached to an aromatic ring is 2. The van der Waals surface area contributed by atoms with Gasteiger partial charge in [-0.1, -0.05) is 18.2 Å². The van der Waals surface area contributed by atoms with Gasteiger partial charge in [-0.3, -0.25) is 4.79 Å². The number of nitrogens with zero attached hydrogens (tertiary/aromatic N) is 7. The minimum Gasteiger partial charge on any atom is -0.457 e. The summed E-state index contributed by atoms with van der Waals surface area (Å²) in [6.45, 7) is 1.10. The number of piperidine rings is 1. The maximum absolute atomic E-state index is 13.1. The van der Waals surface area contributed by atoms with E-state index in [0.717, 1.165) is 24.2 Å². The van der Waals surface area contributed by atoms with Crippen molar-refractivity contribution in [3.63, 3.8) is 0 Å². The fourth-order valence-corrected chi connectivity index (χ4v) is 4.73. The highest BCUT2D eigenvalue weighted by molar-refractivity contribution is 5.98. The third-order valence-electron chi connectivity index (χ3n) is 6.57. The highest BCUT2D eigenvalue weighted by Gasteiger charge is 2.29. The second-order valence-corrected chi connectivity index (χ2v) is 9.07. The first kappa shape index (κ1) is 23.3. The Morgan fingerprint density at radius 1 is 0.921 bits per heavy atom. The van der Waals surface area contributed by atoms with E-state index >= 15 is 0 Å². The van der Waals surface area contributed by atoms with Crippen molar-refractivity contribution in [2.24, 2.45) is 0 Å². The van der Waals surface area contributed by atoms with Gasteiger partial charge in [0.15, 0.2) is 5.65 Å². The molecule has 1 atom stereocenters. The lowest BCUT2D eigenvalue weighted by Gasteiger charge is -2.33. The molecule has 0 radical (unpaired) electrons. The van der Waals surface area contributed by atoms with Crippen LogP contribution in [-0.4, -0.2) is 53.6 Å². The number of rotatable bonds is 5. The topological polar surface area (TPSA) is 151 Å². The summed E-state index contributed by atoms with van der Waals surface area (Å²) in [5, 5.41) is 5.63. The maximum Gasteiger partial charge on any atom is 0.257 e. The number of hydrogen-bond acceptors (Lipinski definition) is 9. The van der Waals surface area contributed by atoms with Crippen molar-refractivity contribution in [3.8, 4) is 22.8 Å². The van der Waals surface area contributed by atoms with Crippen LogP contribution in [0.25, 0.3) is 22.3 Å². The van der Waals surface area contributed by atoms with Crippen molar-refractivity contribution >= 4 is 28.7 Å². The van der Waals surface area contributed by atoms with Gasteiger partial charge in [0.25, 0.3) is 5.91 Å². The van der Waals surface area contributed by atoms with Crippen LogP contribution in [0.2, 0.25) is 0 Å². The molecule has 4 N–H and O–H groups in total. The van der Waals surface area contributed by atoms with Crippen molar-refractivity contribution < 1.29 is 9.53 Å². The Kier molecular flexibility index (Phi) is 6.00. The molecule has 1 saturated heterocycles. The first-order valence-corrected chi connectivity index (χ1v) is 12.3. The zero-order valence-electron chi connectivity index (χ0n) is 20.4. The number of amides is 1. The summed E-state index contributed by atoms with van der Waals surface area (Å²) in [6.07, 6.45) is 6.00. The lowest BCUT2D eigenvalue weighted by Crippen LogP contribution is -2.41. The second-order valence-electron chi connectivity index (χ2n) is 9.07. The van der Waals surface area contributed by atoms with Gasteiger partial charge in [0.05, 0.1) is 17.0 Å². The van der Waals surface area contributed by atoms with Crippen molar-refractivity contribution in [1.82, 2.24) is 34.6 Å². The Morgan fingerprint density at radius 2 is 1.66 bits per heavy atom. The van der Waals surface area contributed by atoms with Crippen molar-refractivity contribution in [1.29, 1.82) is 0 Å². The quantitative estimate of drug-likeness (QED) is 0.363. The summed E-state index contributed by atoms with van der Waals surface area (Å²) in [5.41, 5.74) is 14.5. The molecule has 1 fully saturated rings. The van der Waals surface area contributed by atoms with Gasteiger partial charge in [-0.15, -0.1) is 0 Å². The van der Waals surface area contributed by atoms with Crippen LogP contribution in [0, 0.1) is 0 Å². The molecule has 0 spiro atoms.